The zero-order chi connectivity index (χ0) is 20.6. The smallest absolute Gasteiger partial charge is 0.339 e. The third-order valence-electron chi connectivity index (χ3n) is 4.98. The monoisotopic (exact) mass is 423 g/mol. The van der Waals surface area contributed by atoms with Gasteiger partial charge in [-0.15, -0.1) is 11.3 Å². The average Bonchev–Trinajstić information content (AvgIpc) is 3.26. The molecule has 0 N–H and O–H groups in total. The standard InChI is InChI=1S/C19H20F3N5OS/c1-13-23-14(12-29-13)10-25-6-8-26(9-7-25)17(28)11-27-16-5-3-2-4-15(16)24-18(27)19(20,21)22/h2-5,12H,6-11H2,1H3. The molecule has 2 aromatic heterocycles. The van der Waals surface area contributed by atoms with Crippen LogP contribution in [0.25, 0.3) is 11.0 Å². The molecule has 29 heavy (non-hydrogen) atoms. The third kappa shape index (κ3) is 4.27. The summed E-state index contributed by atoms with van der Waals surface area (Å²) < 4.78 is 41.2. The normalized spacial score (nSPS) is 15.9. The second-order valence-corrected chi connectivity index (χ2v) is 8.09. The lowest BCUT2D eigenvalue weighted by atomic mass is 10.3. The summed E-state index contributed by atoms with van der Waals surface area (Å²) in [6.07, 6.45) is -4.62. The van der Waals surface area contributed by atoms with E-state index in [1.54, 1.807) is 34.4 Å². The Bertz CT molecular complexity index is 1020. The second-order valence-electron chi connectivity index (χ2n) is 7.02. The van der Waals surface area contributed by atoms with Gasteiger partial charge in [0.25, 0.3) is 0 Å². The number of nitrogens with zero attached hydrogens (tertiary/aromatic N) is 5. The SMILES string of the molecule is Cc1nc(CN2CCN(C(=O)Cn3c(C(F)(F)F)nc4ccccc43)CC2)cs1. The van der Waals surface area contributed by atoms with Crippen LogP contribution in [-0.4, -0.2) is 56.4 Å². The summed E-state index contributed by atoms with van der Waals surface area (Å²) in [7, 11) is 0. The van der Waals surface area contributed by atoms with Gasteiger partial charge in [-0.25, -0.2) is 9.97 Å². The molecule has 6 nitrogen and oxygen atoms in total. The van der Waals surface area contributed by atoms with Crippen molar-refractivity contribution >= 4 is 28.3 Å². The number of fused-ring (bicyclic) bond motifs is 1. The number of carbonyl (C=O) groups excluding carboxylic acids is 1. The molecule has 3 aromatic rings. The topological polar surface area (TPSA) is 54.3 Å². The van der Waals surface area contributed by atoms with Crippen molar-refractivity contribution in [3.05, 3.63) is 46.2 Å². The summed E-state index contributed by atoms with van der Waals surface area (Å²) in [5.41, 5.74) is 1.55. The maximum absolute atomic E-state index is 13.4. The van der Waals surface area contributed by atoms with Crippen molar-refractivity contribution in [1.29, 1.82) is 0 Å². The molecule has 0 spiro atoms. The zero-order valence-corrected chi connectivity index (χ0v) is 16.6. The molecule has 0 aliphatic carbocycles. The summed E-state index contributed by atoms with van der Waals surface area (Å²) in [4.78, 5) is 24.7. The zero-order valence-electron chi connectivity index (χ0n) is 15.8. The fourth-order valence-electron chi connectivity index (χ4n) is 3.55. The molecule has 0 saturated carbocycles. The van der Waals surface area contributed by atoms with Crippen molar-refractivity contribution in [2.45, 2.75) is 26.2 Å². The summed E-state index contributed by atoms with van der Waals surface area (Å²) in [5.74, 6) is -1.37. The average molecular weight is 423 g/mol. The lowest BCUT2D eigenvalue weighted by Gasteiger charge is -2.34. The van der Waals surface area contributed by atoms with Gasteiger partial charge in [-0.2, -0.15) is 13.2 Å². The van der Waals surface area contributed by atoms with E-state index in [0.29, 0.717) is 31.7 Å². The largest absolute Gasteiger partial charge is 0.449 e. The molecule has 154 valence electrons. The Kier molecular flexibility index (Phi) is 5.30. The van der Waals surface area contributed by atoms with Gasteiger partial charge in [-0.05, 0) is 19.1 Å². The maximum Gasteiger partial charge on any atom is 0.449 e. The van der Waals surface area contributed by atoms with Crippen LogP contribution in [0.15, 0.2) is 29.6 Å². The molecule has 1 saturated heterocycles. The third-order valence-corrected chi connectivity index (χ3v) is 5.80. The van der Waals surface area contributed by atoms with Crippen molar-refractivity contribution in [2.24, 2.45) is 0 Å². The number of aryl methyl sites for hydroxylation is 1. The van der Waals surface area contributed by atoms with Gasteiger partial charge < -0.3 is 9.47 Å². The lowest BCUT2D eigenvalue weighted by Crippen LogP contribution is -2.49. The first-order chi connectivity index (χ1) is 13.8. The molecular weight excluding hydrogens is 403 g/mol. The van der Waals surface area contributed by atoms with Crippen LogP contribution >= 0.6 is 11.3 Å². The molecule has 0 unspecified atom stereocenters. The molecule has 10 heteroatoms. The van der Waals surface area contributed by atoms with Crippen molar-refractivity contribution < 1.29 is 18.0 Å². The molecule has 4 rings (SSSR count). The number of piperazine rings is 1. The summed E-state index contributed by atoms with van der Waals surface area (Å²) in [6, 6.07) is 6.35. The van der Waals surface area contributed by atoms with Crippen molar-refractivity contribution in [1.82, 2.24) is 24.3 Å². The molecule has 1 aromatic carbocycles. The van der Waals surface area contributed by atoms with E-state index < -0.39 is 12.0 Å². The Hall–Kier alpha value is -2.46. The second kappa shape index (κ2) is 7.75. The molecule has 0 atom stereocenters. The number of aromatic nitrogens is 3. The van der Waals surface area contributed by atoms with Gasteiger partial charge >= 0.3 is 6.18 Å². The van der Waals surface area contributed by atoms with Crippen LogP contribution in [0.4, 0.5) is 13.2 Å². The first-order valence-corrected chi connectivity index (χ1v) is 10.1. The lowest BCUT2D eigenvalue weighted by molar-refractivity contribution is -0.148. The Morgan fingerprint density at radius 2 is 1.86 bits per heavy atom. The van der Waals surface area contributed by atoms with Crippen LogP contribution in [0.1, 0.15) is 16.5 Å². The number of para-hydroxylation sites is 2. The highest BCUT2D eigenvalue weighted by molar-refractivity contribution is 7.09. The van der Waals surface area contributed by atoms with Crippen molar-refractivity contribution in [3.63, 3.8) is 0 Å². The number of benzene rings is 1. The summed E-state index contributed by atoms with van der Waals surface area (Å²) in [6.45, 7) is 4.60. The van der Waals surface area contributed by atoms with Gasteiger partial charge in [0.2, 0.25) is 11.7 Å². The minimum absolute atomic E-state index is 0.232. The number of alkyl halides is 3. The van der Waals surface area contributed by atoms with E-state index in [2.05, 4.69) is 14.9 Å². The first kappa shape index (κ1) is 19.8. The molecule has 3 heterocycles. The summed E-state index contributed by atoms with van der Waals surface area (Å²) >= 11 is 1.60. The minimum atomic E-state index is -4.62. The Morgan fingerprint density at radius 1 is 1.14 bits per heavy atom. The van der Waals surface area contributed by atoms with Crippen LogP contribution in [0.2, 0.25) is 0 Å². The highest BCUT2D eigenvalue weighted by atomic mass is 32.1. The van der Waals surface area contributed by atoms with Crippen molar-refractivity contribution in [3.8, 4) is 0 Å². The highest BCUT2D eigenvalue weighted by Crippen LogP contribution is 2.31. The predicted octanol–water partition coefficient (Wildman–Crippen LogP) is 3.16. The minimum Gasteiger partial charge on any atom is -0.339 e. The number of thiazole rings is 1. The summed E-state index contributed by atoms with van der Waals surface area (Å²) in [5, 5.41) is 3.04. The highest BCUT2D eigenvalue weighted by Gasteiger charge is 2.38. The van der Waals surface area contributed by atoms with Crippen LogP contribution in [0, 0.1) is 6.92 Å². The van der Waals surface area contributed by atoms with E-state index >= 15 is 0 Å². The van der Waals surface area contributed by atoms with Gasteiger partial charge in [0.05, 0.1) is 21.7 Å². The molecule has 0 radical (unpaired) electrons. The van der Waals surface area contributed by atoms with E-state index in [-0.39, 0.29) is 18.0 Å². The molecule has 1 aliphatic heterocycles. The number of hydrogen-bond donors (Lipinski definition) is 0. The quantitative estimate of drug-likeness (QED) is 0.647. The Morgan fingerprint density at radius 3 is 2.52 bits per heavy atom. The van der Waals surface area contributed by atoms with Crippen molar-refractivity contribution in [2.75, 3.05) is 26.2 Å². The van der Waals surface area contributed by atoms with E-state index in [1.165, 1.54) is 6.07 Å². The number of carbonyl (C=O) groups is 1. The number of hydrogen-bond acceptors (Lipinski definition) is 5. The van der Waals surface area contributed by atoms with Crippen LogP contribution < -0.4 is 0 Å². The van der Waals surface area contributed by atoms with E-state index in [0.717, 1.165) is 21.8 Å². The van der Waals surface area contributed by atoms with Gasteiger partial charge in [0.15, 0.2) is 0 Å². The predicted molar refractivity (Wildman–Crippen MR) is 103 cm³/mol. The van der Waals surface area contributed by atoms with Crippen LogP contribution in [0.5, 0.6) is 0 Å². The van der Waals surface area contributed by atoms with Gasteiger partial charge in [0, 0.05) is 38.1 Å². The van der Waals surface area contributed by atoms with E-state index in [4.69, 9.17) is 0 Å². The Balaban J connectivity index is 1.44. The van der Waals surface area contributed by atoms with E-state index in [9.17, 15) is 18.0 Å². The first-order valence-electron chi connectivity index (χ1n) is 9.25. The van der Waals surface area contributed by atoms with Gasteiger partial charge in [-0.1, -0.05) is 12.1 Å². The fourth-order valence-corrected chi connectivity index (χ4v) is 4.16. The van der Waals surface area contributed by atoms with E-state index in [1.807, 2.05) is 12.3 Å². The van der Waals surface area contributed by atoms with Gasteiger partial charge in [-0.3, -0.25) is 9.69 Å². The maximum atomic E-state index is 13.4. The van der Waals surface area contributed by atoms with Gasteiger partial charge in [0.1, 0.15) is 6.54 Å². The number of amides is 1. The Labute approximate surface area is 169 Å². The molecule has 1 fully saturated rings. The van der Waals surface area contributed by atoms with Crippen LogP contribution in [0.3, 0.4) is 0 Å². The molecule has 0 bridgehead atoms. The molecule has 1 aliphatic rings. The molecular formula is C19H20F3N5OS. The number of halogens is 3. The van der Waals surface area contributed by atoms with Crippen LogP contribution in [-0.2, 0) is 24.1 Å². The molecule has 1 amide bonds. The fraction of sp³-hybridized carbons (Fsp3) is 0.421. The number of rotatable bonds is 4. The number of imidazole rings is 1.